The van der Waals surface area contributed by atoms with Crippen LogP contribution in [0.3, 0.4) is 0 Å². The molecule has 2 aliphatic rings. The number of carbonyl (C=O) groups is 1. The molecule has 0 atom stereocenters. The average Bonchev–Trinajstić information content (AvgIpc) is 2.78. The van der Waals surface area contributed by atoms with E-state index in [-0.39, 0.29) is 23.2 Å². The summed E-state index contributed by atoms with van der Waals surface area (Å²) in [6, 6.07) is 1.26. The van der Waals surface area contributed by atoms with Crippen molar-refractivity contribution in [2.75, 3.05) is 19.7 Å². The molecule has 3 heterocycles. The number of aromatic amines is 1. The van der Waals surface area contributed by atoms with Crippen LogP contribution in [0.1, 0.15) is 57.4 Å². The topological polar surface area (TPSA) is 127 Å². The Balaban J connectivity index is 1.49. The molecule has 0 unspecified atom stereocenters. The van der Waals surface area contributed by atoms with Crippen LogP contribution >= 0.6 is 0 Å². The number of nitrogens with one attached hydrogen (secondary N) is 1. The predicted octanol–water partition coefficient (Wildman–Crippen LogP) is 2.99. The first kappa shape index (κ1) is 22.0. The highest BCUT2D eigenvalue weighted by molar-refractivity contribution is 5.86. The number of nitrogens with zero attached hydrogens (tertiary/aromatic N) is 3. The summed E-state index contributed by atoms with van der Waals surface area (Å²) >= 11 is 0. The molecule has 2 aromatic heterocycles. The Morgan fingerprint density at radius 3 is 2.72 bits per heavy atom. The van der Waals surface area contributed by atoms with Gasteiger partial charge in [0.2, 0.25) is 5.71 Å². The largest absolute Gasteiger partial charge is 0.450 e. The van der Waals surface area contributed by atoms with E-state index in [1.165, 1.54) is 25.3 Å². The molecule has 1 aliphatic heterocycles. The molecule has 1 aliphatic carbocycles. The second-order valence-corrected chi connectivity index (χ2v) is 8.28. The van der Waals surface area contributed by atoms with Crippen molar-refractivity contribution in [2.45, 2.75) is 58.3 Å². The van der Waals surface area contributed by atoms with Crippen LogP contribution in [-0.2, 0) is 11.2 Å². The zero-order chi connectivity index (χ0) is 22.5. The first-order chi connectivity index (χ1) is 15.5. The first-order valence-electron chi connectivity index (χ1n) is 11.2. The van der Waals surface area contributed by atoms with Crippen LogP contribution in [0.2, 0.25) is 0 Å². The Morgan fingerprint density at radius 1 is 1.25 bits per heavy atom. The number of aromatic nitrogens is 2. The third-order valence-electron chi connectivity index (χ3n) is 6.04. The predicted molar refractivity (Wildman–Crippen MR) is 117 cm³/mol. The van der Waals surface area contributed by atoms with Gasteiger partial charge in [0.25, 0.3) is 5.56 Å². The molecule has 0 spiro atoms. The van der Waals surface area contributed by atoms with Gasteiger partial charge in [0.1, 0.15) is 5.39 Å². The first-order valence-corrected chi connectivity index (χ1v) is 11.2. The number of amides is 1. The molecule has 1 amide bonds. The Kier molecular flexibility index (Phi) is 6.87. The number of fused-ring (bicyclic) bond motifs is 1. The van der Waals surface area contributed by atoms with Crippen LogP contribution in [0.4, 0.5) is 4.79 Å². The maximum Gasteiger partial charge on any atom is 0.409 e. The number of rotatable bonds is 5. The van der Waals surface area contributed by atoms with Crippen molar-refractivity contribution in [3.05, 3.63) is 32.4 Å². The van der Waals surface area contributed by atoms with E-state index in [9.17, 15) is 14.4 Å². The zero-order valence-corrected chi connectivity index (χ0v) is 18.2. The van der Waals surface area contributed by atoms with Gasteiger partial charge in [-0.3, -0.25) is 9.78 Å². The molecule has 2 aromatic rings. The molecule has 10 heteroatoms. The number of H-pyrrole nitrogens is 1. The molecule has 2 fully saturated rings. The van der Waals surface area contributed by atoms with Crippen molar-refractivity contribution in [3.8, 4) is 6.01 Å². The minimum atomic E-state index is -0.537. The number of ether oxygens (including phenoxy) is 1. The maximum absolute atomic E-state index is 12.8. The van der Waals surface area contributed by atoms with Crippen molar-refractivity contribution < 1.29 is 18.8 Å². The van der Waals surface area contributed by atoms with E-state index in [1.54, 1.807) is 11.8 Å². The molecule has 10 nitrogen and oxygen atoms in total. The van der Waals surface area contributed by atoms with Gasteiger partial charge in [-0.25, -0.2) is 9.59 Å². The number of oxime groups is 1. The molecule has 32 heavy (non-hydrogen) atoms. The van der Waals surface area contributed by atoms with E-state index < -0.39 is 11.2 Å². The van der Waals surface area contributed by atoms with E-state index in [0.29, 0.717) is 50.4 Å². The van der Waals surface area contributed by atoms with Gasteiger partial charge in [-0.2, -0.15) is 4.98 Å². The molecule has 0 aromatic carbocycles. The summed E-state index contributed by atoms with van der Waals surface area (Å²) in [6.07, 6.45) is 7.15. The molecule has 1 N–H and O–H groups in total. The number of likely N-dealkylation sites (tertiary alicyclic amines) is 1. The van der Waals surface area contributed by atoms with E-state index in [0.717, 1.165) is 18.6 Å². The fourth-order valence-electron chi connectivity index (χ4n) is 4.40. The minimum Gasteiger partial charge on any atom is -0.450 e. The molecule has 1 saturated carbocycles. The van der Waals surface area contributed by atoms with Gasteiger partial charge in [-0.05, 0) is 24.8 Å². The molecule has 172 valence electrons. The fraction of sp³-hybridized carbons (Fsp3) is 0.591. The monoisotopic (exact) mass is 444 g/mol. The summed E-state index contributed by atoms with van der Waals surface area (Å²) in [5, 5.41) is 4.35. The van der Waals surface area contributed by atoms with Gasteiger partial charge in [0.15, 0.2) is 0 Å². The summed E-state index contributed by atoms with van der Waals surface area (Å²) in [5.74, 6) is 0.455. The lowest BCUT2D eigenvalue weighted by Gasteiger charge is -2.26. The molecule has 1 saturated heterocycles. The second-order valence-electron chi connectivity index (χ2n) is 8.28. The highest BCUT2D eigenvalue weighted by atomic mass is 16.6. The van der Waals surface area contributed by atoms with Crippen LogP contribution in [0.5, 0.6) is 6.01 Å². The van der Waals surface area contributed by atoms with Crippen LogP contribution in [0, 0.1) is 5.92 Å². The molecular weight excluding hydrogens is 416 g/mol. The summed E-state index contributed by atoms with van der Waals surface area (Å²) in [7, 11) is 0. The number of piperidine rings is 1. The smallest absolute Gasteiger partial charge is 0.409 e. The van der Waals surface area contributed by atoms with Crippen molar-refractivity contribution in [2.24, 2.45) is 11.1 Å². The normalized spacial score (nSPS) is 17.4. The highest BCUT2D eigenvalue weighted by Crippen LogP contribution is 2.28. The van der Waals surface area contributed by atoms with Gasteiger partial charge < -0.3 is 18.9 Å². The SMILES string of the molecule is CCOC(=O)N1CCC(=NOc2nc3oc(=O)cc(CC4CCCCC4)c3c(=O)[nH]2)CC1. The van der Waals surface area contributed by atoms with E-state index in [4.69, 9.17) is 14.0 Å². The summed E-state index contributed by atoms with van der Waals surface area (Å²) in [4.78, 5) is 50.3. The standard InChI is InChI=1S/C22H28N4O6/c1-2-30-22(29)26-10-8-16(9-11-26)25-32-21-23-19(28)18-15(12-14-6-4-3-5-7-14)13-17(27)31-20(18)24-21/h13-14H,2-12H2,1H3,(H,23,24,28). The quantitative estimate of drug-likeness (QED) is 0.702. The van der Waals surface area contributed by atoms with E-state index in [2.05, 4.69) is 15.1 Å². The van der Waals surface area contributed by atoms with Crippen LogP contribution in [0.15, 0.2) is 25.2 Å². The zero-order valence-electron chi connectivity index (χ0n) is 18.2. The maximum atomic E-state index is 12.8. The lowest BCUT2D eigenvalue weighted by molar-refractivity contribution is 0.107. The third-order valence-corrected chi connectivity index (χ3v) is 6.04. The Morgan fingerprint density at radius 2 is 2.00 bits per heavy atom. The molecular formula is C22H28N4O6. The minimum absolute atomic E-state index is 0.0422. The molecule has 4 rings (SSSR count). The van der Waals surface area contributed by atoms with Crippen molar-refractivity contribution in [1.29, 1.82) is 0 Å². The van der Waals surface area contributed by atoms with Gasteiger partial charge in [0.05, 0.1) is 12.3 Å². The Bertz CT molecular complexity index is 1110. The van der Waals surface area contributed by atoms with Crippen molar-refractivity contribution >= 4 is 22.9 Å². The lowest BCUT2D eigenvalue weighted by atomic mass is 9.84. The number of hydrogen-bond acceptors (Lipinski definition) is 8. The fourth-order valence-corrected chi connectivity index (χ4v) is 4.40. The Labute approximate surface area is 184 Å². The third kappa shape index (κ3) is 5.17. The molecule has 0 bridgehead atoms. The van der Waals surface area contributed by atoms with Crippen LogP contribution in [0.25, 0.3) is 11.1 Å². The highest BCUT2D eigenvalue weighted by Gasteiger charge is 2.22. The van der Waals surface area contributed by atoms with Crippen molar-refractivity contribution in [3.63, 3.8) is 0 Å². The van der Waals surface area contributed by atoms with Gasteiger partial charge in [-0.1, -0.05) is 37.3 Å². The number of carbonyl (C=O) groups excluding carboxylic acids is 1. The van der Waals surface area contributed by atoms with Crippen LogP contribution in [-0.4, -0.2) is 46.4 Å². The van der Waals surface area contributed by atoms with Gasteiger partial charge >= 0.3 is 17.7 Å². The second kappa shape index (κ2) is 9.97. The summed E-state index contributed by atoms with van der Waals surface area (Å²) in [5.41, 5.74) is 0.406. The average molecular weight is 444 g/mol. The summed E-state index contributed by atoms with van der Waals surface area (Å²) < 4.78 is 10.2. The van der Waals surface area contributed by atoms with E-state index in [1.807, 2.05) is 0 Å². The molecule has 0 radical (unpaired) electrons. The Hall–Kier alpha value is -3.17. The van der Waals surface area contributed by atoms with Crippen molar-refractivity contribution in [1.82, 2.24) is 14.9 Å². The van der Waals surface area contributed by atoms with E-state index >= 15 is 0 Å². The lowest BCUT2D eigenvalue weighted by Crippen LogP contribution is -2.39. The van der Waals surface area contributed by atoms with Crippen LogP contribution < -0.4 is 16.0 Å². The van der Waals surface area contributed by atoms with Gasteiger partial charge in [-0.15, -0.1) is 0 Å². The summed E-state index contributed by atoms with van der Waals surface area (Å²) in [6.45, 7) is 3.05. The number of hydrogen-bond donors (Lipinski definition) is 1. The van der Waals surface area contributed by atoms with Gasteiger partial charge in [0, 0.05) is 32.0 Å².